The monoisotopic (exact) mass is 248 g/mol. The molecule has 2 saturated carbocycles. The van der Waals surface area contributed by atoms with Gasteiger partial charge >= 0.3 is 0 Å². The molecule has 3 heteroatoms. The number of hydrogen-bond donors (Lipinski definition) is 1. The summed E-state index contributed by atoms with van der Waals surface area (Å²) in [5.74, 6) is 2.43. The Labute approximate surface area is 108 Å². The molecule has 3 rings (SSSR count). The van der Waals surface area contributed by atoms with Gasteiger partial charge in [-0.1, -0.05) is 6.42 Å². The summed E-state index contributed by atoms with van der Waals surface area (Å²) in [5.41, 5.74) is 7.39. The minimum Gasteiger partial charge on any atom is -0.397 e. The molecule has 18 heavy (non-hydrogen) atoms. The number of nitrogens with zero attached hydrogens (tertiary/aromatic N) is 1. The van der Waals surface area contributed by atoms with Crippen LogP contribution in [0.2, 0.25) is 0 Å². The van der Waals surface area contributed by atoms with E-state index in [1.165, 1.54) is 37.8 Å². The van der Waals surface area contributed by atoms with Crippen molar-refractivity contribution in [2.24, 2.45) is 17.8 Å². The van der Waals surface area contributed by atoms with Crippen LogP contribution in [0.5, 0.6) is 0 Å². The van der Waals surface area contributed by atoms with Crippen LogP contribution in [-0.2, 0) is 0 Å². The van der Waals surface area contributed by atoms with Gasteiger partial charge in [0.1, 0.15) is 5.82 Å². The van der Waals surface area contributed by atoms with Crippen molar-refractivity contribution in [2.45, 2.75) is 25.7 Å². The highest BCUT2D eigenvalue weighted by molar-refractivity contribution is 5.67. The van der Waals surface area contributed by atoms with Gasteiger partial charge in [0.15, 0.2) is 0 Å². The fraction of sp³-hybridized carbons (Fsp3) is 0.600. The Bertz CT molecular complexity index is 446. The minimum absolute atomic E-state index is 0.260. The van der Waals surface area contributed by atoms with Crippen LogP contribution in [0, 0.1) is 23.6 Å². The Balaban J connectivity index is 1.69. The van der Waals surface area contributed by atoms with Crippen LogP contribution in [0.1, 0.15) is 25.7 Å². The van der Waals surface area contributed by atoms with E-state index in [-0.39, 0.29) is 5.82 Å². The number of benzene rings is 1. The maximum Gasteiger partial charge on any atom is 0.125 e. The lowest BCUT2D eigenvalue weighted by Gasteiger charge is -2.29. The smallest absolute Gasteiger partial charge is 0.125 e. The van der Waals surface area contributed by atoms with Gasteiger partial charge in [-0.05, 0) is 55.2 Å². The maximum absolute atomic E-state index is 13.0. The van der Waals surface area contributed by atoms with E-state index in [1.54, 1.807) is 6.07 Å². The lowest BCUT2D eigenvalue weighted by Crippen LogP contribution is -2.29. The van der Waals surface area contributed by atoms with Gasteiger partial charge in [-0.15, -0.1) is 0 Å². The van der Waals surface area contributed by atoms with Gasteiger partial charge in [0, 0.05) is 13.6 Å². The normalized spacial score (nSPS) is 29.8. The Kier molecular flexibility index (Phi) is 2.92. The molecule has 0 heterocycles. The van der Waals surface area contributed by atoms with Crippen molar-refractivity contribution >= 4 is 11.4 Å². The van der Waals surface area contributed by atoms with Gasteiger partial charge < -0.3 is 10.6 Å². The number of halogens is 1. The highest BCUT2D eigenvalue weighted by Crippen LogP contribution is 2.48. The molecule has 98 valence electrons. The zero-order chi connectivity index (χ0) is 12.7. The Hall–Kier alpha value is -1.25. The number of nitrogens with two attached hydrogens (primary N) is 1. The zero-order valence-electron chi connectivity index (χ0n) is 10.9. The molecular weight excluding hydrogens is 227 g/mol. The molecule has 2 bridgehead atoms. The van der Waals surface area contributed by atoms with Gasteiger partial charge in [0.05, 0.1) is 11.4 Å². The highest BCUT2D eigenvalue weighted by atomic mass is 19.1. The average Bonchev–Trinajstić information content (AvgIpc) is 2.90. The number of nitrogen functional groups attached to an aromatic ring is 1. The van der Waals surface area contributed by atoms with Crippen LogP contribution < -0.4 is 10.6 Å². The van der Waals surface area contributed by atoms with Crippen LogP contribution in [0.25, 0.3) is 0 Å². The summed E-state index contributed by atoms with van der Waals surface area (Å²) >= 11 is 0. The van der Waals surface area contributed by atoms with Crippen molar-refractivity contribution in [1.82, 2.24) is 0 Å². The molecule has 2 fully saturated rings. The van der Waals surface area contributed by atoms with E-state index in [1.807, 2.05) is 0 Å². The van der Waals surface area contributed by atoms with Crippen molar-refractivity contribution < 1.29 is 4.39 Å². The first kappa shape index (κ1) is 11.8. The molecule has 2 N–H and O–H groups in total. The first-order valence-corrected chi connectivity index (χ1v) is 6.89. The van der Waals surface area contributed by atoms with Gasteiger partial charge in [0.25, 0.3) is 0 Å². The molecule has 3 unspecified atom stereocenters. The van der Waals surface area contributed by atoms with Crippen molar-refractivity contribution in [3.8, 4) is 0 Å². The quantitative estimate of drug-likeness (QED) is 0.832. The van der Waals surface area contributed by atoms with Crippen LogP contribution in [0.4, 0.5) is 15.8 Å². The molecule has 2 nitrogen and oxygen atoms in total. The second-order valence-electron chi connectivity index (χ2n) is 6.02. The molecule has 0 saturated heterocycles. The first-order chi connectivity index (χ1) is 8.63. The summed E-state index contributed by atoms with van der Waals surface area (Å²) < 4.78 is 13.0. The third-order valence-electron chi connectivity index (χ3n) is 4.79. The molecule has 2 aliphatic carbocycles. The lowest BCUT2D eigenvalue weighted by atomic mass is 9.88. The van der Waals surface area contributed by atoms with E-state index < -0.39 is 0 Å². The van der Waals surface area contributed by atoms with Crippen molar-refractivity contribution in [1.29, 1.82) is 0 Å². The number of fused-ring (bicyclic) bond motifs is 2. The fourth-order valence-corrected chi connectivity index (χ4v) is 3.92. The Morgan fingerprint density at radius 2 is 2.17 bits per heavy atom. The fourth-order valence-electron chi connectivity index (χ4n) is 3.92. The van der Waals surface area contributed by atoms with Gasteiger partial charge in [0.2, 0.25) is 0 Å². The minimum atomic E-state index is -0.260. The van der Waals surface area contributed by atoms with Crippen molar-refractivity contribution in [3.63, 3.8) is 0 Å². The predicted octanol–water partition coefficient (Wildman–Crippen LogP) is 3.28. The maximum atomic E-state index is 13.0. The lowest BCUT2D eigenvalue weighted by molar-refractivity contribution is 0.337. The summed E-state index contributed by atoms with van der Waals surface area (Å²) in [6.07, 6.45) is 5.64. The average molecular weight is 248 g/mol. The van der Waals surface area contributed by atoms with Crippen LogP contribution in [-0.4, -0.2) is 13.6 Å². The highest BCUT2D eigenvalue weighted by Gasteiger charge is 2.39. The molecule has 0 aromatic heterocycles. The molecule has 1 aromatic rings. The summed E-state index contributed by atoms with van der Waals surface area (Å²) in [7, 11) is 2.07. The van der Waals surface area contributed by atoms with Crippen LogP contribution in [0.3, 0.4) is 0 Å². The molecule has 1 aromatic carbocycles. The third-order valence-corrected chi connectivity index (χ3v) is 4.79. The standard InChI is InChI=1S/C15H21FN2/c1-18(15-5-4-13(16)8-14(15)17)9-12-7-10-2-3-11(12)6-10/h4-5,8,10-12H,2-3,6-7,9,17H2,1H3. The molecule has 3 atom stereocenters. The third kappa shape index (κ3) is 2.06. The number of rotatable bonds is 3. The van der Waals surface area contributed by atoms with E-state index in [4.69, 9.17) is 5.73 Å². The molecule has 0 aliphatic heterocycles. The number of anilines is 2. The van der Waals surface area contributed by atoms with E-state index in [2.05, 4.69) is 11.9 Å². The largest absolute Gasteiger partial charge is 0.397 e. The second kappa shape index (κ2) is 4.45. The van der Waals surface area contributed by atoms with Gasteiger partial charge in [-0.3, -0.25) is 0 Å². The predicted molar refractivity (Wildman–Crippen MR) is 73.0 cm³/mol. The second-order valence-corrected chi connectivity index (χ2v) is 6.02. The summed E-state index contributed by atoms with van der Waals surface area (Å²) in [5, 5.41) is 0. The molecule has 0 radical (unpaired) electrons. The summed E-state index contributed by atoms with van der Waals surface area (Å²) in [4.78, 5) is 2.19. The van der Waals surface area contributed by atoms with Crippen molar-refractivity contribution in [3.05, 3.63) is 24.0 Å². The summed E-state index contributed by atoms with van der Waals surface area (Å²) in [6.45, 7) is 1.05. The first-order valence-electron chi connectivity index (χ1n) is 6.89. The Morgan fingerprint density at radius 3 is 2.78 bits per heavy atom. The molecule has 2 aliphatic rings. The van der Waals surface area contributed by atoms with E-state index in [0.717, 1.165) is 30.0 Å². The molecule has 0 spiro atoms. The van der Waals surface area contributed by atoms with Crippen molar-refractivity contribution in [2.75, 3.05) is 24.2 Å². The van der Waals surface area contributed by atoms with E-state index in [9.17, 15) is 4.39 Å². The number of hydrogen-bond acceptors (Lipinski definition) is 2. The van der Waals surface area contributed by atoms with Crippen LogP contribution in [0.15, 0.2) is 18.2 Å². The van der Waals surface area contributed by atoms with E-state index in [0.29, 0.717) is 5.69 Å². The zero-order valence-corrected chi connectivity index (χ0v) is 10.9. The summed E-state index contributed by atoms with van der Waals surface area (Å²) in [6, 6.07) is 4.69. The van der Waals surface area contributed by atoms with Gasteiger partial charge in [-0.25, -0.2) is 4.39 Å². The topological polar surface area (TPSA) is 29.3 Å². The van der Waals surface area contributed by atoms with Gasteiger partial charge in [-0.2, -0.15) is 0 Å². The molecule has 0 amide bonds. The molecular formula is C15H21FN2. The van der Waals surface area contributed by atoms with Crippen LogP contribution >= 0.6 is 0 Å². The van der Waals surface area contributed by atoms with E-state index >= 15 is 0 Å². The SMILES string of the molecule is CN(CC1CC2CCC1C2)c1ccc(F)cc1N. The Morgan fingerprint density at radius 1 is 1.33 bits per heavy atom.